The molecule has 1 aliphatic carbocycles. The largest absolute Gasteiger partial charge is 0.468 e. The lowest BCUT2D eigenvalue weighted by atomic mass is 9.70. The molecule has 1 aromatic rings. The Bertz CT molecular complexity index is 969. The number of Topliss-reactive ketones (excluding diaryl/α,β-unsaturated/α-hetero) is 1. The van der Waals surface area contributed by atoms with Crippen molar-refractivity contribution in [1.29, 1.82) is 0 Å². The number of esters is 2. The first-order valence-electron chi connectivity index (χ1n) is 10.8. The summed E-state index contributed by atoms with van der Waals surface area (Å²) in [5.41, 5.74) is 1.92. The molecule has 0 spiro atoms. The van der Waals surface area contributed by atoms with Crippen LogP contribution in [-0.2, 0) is 28.6 Å². The van der Waals surface area contributed by atoms with Crippen molar-refractivity contribution in [2.45, 2.75) is 53.1 Å². The summed E-state index contributed by atoms with van der Waals surface area (Å²) < 4.78 is 21.7. The van der Waals surface area contributed by atoms with Crippen molar-refractivity contribution >= 4 is 17.7 Å². The number of ether oxygens (including phenoxy) is 3. The number of aryl methyl sites for hydroxylation is 1. The Balaban J connectivity index is 2.00. The second-order valence-electron chi connectivity index (χ2n) is 8.54. The lowest BCUT2D eigenvalue weighted by Gasteiger charge is -2.37. The number of ketones is 1. The molecule has 0 aromatic carbocycles. The summed E-state index contributed by atoms with van der Waals surface area (Å²) in [5, 5.41) is 3.22. The van der Waals surface area contributed by atoms with Crippen LogP contribution in [0.3, 0.4) is 0 Å². The molecule has 8 heteroatoms. The number of dihydropyridines is 1. The Kier molecular flexibility index (Phi) is 7.23. The van der Waals surface area contributed by atoms with E-state index in [2.05, 4.69) is 5.32 Å². The van der Waals surface area contributed by atoms with Gasteiger partial charge in [-0.1, -0.05) is 6.92 Å². The third-order valence-corrected chi connectivity index (χ3v) is 5.78. The molecule has 1 aromatic heterocycles. The molecule has 3 unspecified atom stereocenters. The average molecular weight is 446 g/mol. The minimum absolute atomic E-state index is 0.0228. The maximum Gasteiger partial charge on any atom is 0.336 e. The number of allylic oxidation sites excluding steroid dienone is 3. The Labute approximate surface area is 188 Å². The molecule has 0 bridgehead atoms. The Morgan fingerprint density at radius 3 is 2.53 bits per heavy atom. The predicted octanol–water partition coefficient (Wildman–Crippen LogP) is 3.17. The van der Waals surface area contributed by atoms with Crippen LogP contribution in [0.15, 0.2) is 39.1 Å². The number of carbonyl (C=O) groups excluding carboxylic acids is 3. The molecule has 1 aliphatic heterocycles. The molecule has 2 heterocycles. The summed E-state index contributed by atoms with van der Waals surface area (Å²) in [6.07, 6.45) is 0.494. The van der Waals surface area contributed by atoms with E-state index in [1.807, 2.05) is 20.8 Å². The molecule has 2 aliphatic rings. The van der Waals surface area contributed by atoms with E-state index in [0.717, 1.165) is 0 Å². The van der Waals surface area contributed by atoms with E-state index in [9.17, 15) is 14.4 Å². The van der Waals surface area contributed by atoms with Crippen LogP contribution in [0.2, 0.25) is 0 Å². The summed E-state index contributed by atoms with van der Waals surface area (Å²) in [6.45, 7) is 9.55. The molecular weight excluding hydrogens is 414 g/mol. The van der Waals surface area contributed by atoms with E-state index in [0.29, 0.717) is 34.9 Å². The van der Waals surface area contributed by atoms with Gasteiger partial charge in [-0.25, -0.2) is 4.79 Å². The molecule has 3 rings (SSSR count). The second-order valence-corrected chi connectivity index (χ2v) is 8.54. The zero-order valence-electron chi connectivity index (χ0n) is 19.4. The van der Waals surface area contributed by atoms with Crippen molar-refractivity contribution in [3.63, 3.8) is 0 Å². The van der Waals surface area contributed by atoms with Crippen LogP contribution in [0, 0.1) is 18.8 Å². The van der Waals surface area contributed by atoms with Gasteiger partial charge in [0.25, 0.3) is 0 Å². The molecule has 0 fully saturated rings. The van der Waals surface area contributed by atoms with Gasteiger partial charge in [0.05, 0.1) is 31.3 Å². The fraction of sp³-hybridized carbons (Fsp3) is 0.542. The van der Waals surface area contributed by atoms with Crippen LogP contribution in [0.4, 0.5) is 0 Å². The highest BCUT2D eigenvalue weighted by Crippen LogP contribution is 2.45. The van der Waals surface area contributed by atoms with Crippen molar-refractivity contribution in [3.05, 3.63) is 46.2 Å². The molecule has 1 N–H and O–H groups in total. The van der Waals surface area contributed by atoms with Gasteiger partial charge in [0.1, 0.15) is 24.0 Å². The molecule has 174 valence electrons. The van der Waals surface area contributed by atoms with E-state index in [4.69, 9.17) is 18.6 Å². The number of methoxy groups -OCH3 is 1. The SMILES string of the molecule is COC(=O)C1C(=O)C2=C(CC1C)NC(C)=C(C(=O)OCCOC(C)C)C2c1ccc(C)o1. The first-order chi connectivity index (χ1) is 15.1. The van der Waals surface area contributed by atoms with Crippen molar-refractivity contribution in [2.75, 3.05) is 20.3 Å². The topological polar surface area (TPSA) is 104 Å². The van der Waals surface area contributed by atoms with Crippen molar-refractivity contribution < 1.29 is 33.0 Å². The van der Waals surface area contributed by atoms with Gasteiger partial charge in [0.15, 0.2) is 5.78 Å². The molecule has 0 radical (unpaired) electrons. The smallest absolute Gasteiger partial charge is 0.336 e. The van der Waals surface area contributed by atoms with E-state index in [1.54, 1.807) is 26.0 Å². The monoisotopic (exact) mass is 445 g/mol. The highest BCUT2D eigenvalue weighted by Gasteiger charge is 2.48. The summed E-state index contributed by atoms with van der Waals surface area (Å²) in [6, 6.07) is 3.52. The normalized spacial score (nSPS) is 23.2. The Morgan fingerprint density at radius 2 is 1.94 bits per heavy atom. The highest BCUT2D eigenvalue weighted by atomic mass is 16.6. The van der Waals surface area contributed by atoms with Gasteiger partial charge in [-0.3, -0.25) is 9.59 Å². The third-order valence-electron chi connectivity index (χ3n) is 5.78. The van der Waals surface area contributed by atoms with E-state index >= 15 is 0 Å². The molecule has 8 nitrogen and oxygen atoms in total. The van der Waals surface area contributed by atoms with Gasteiger partial charge in [-0.05, 0) is 52.2 Å². The van der Waals surface area contributed by atoms with Gasteiger partial charge in [-0.15, -0.1) is 0 Å². The second kappa shape index (κ2) is 9.73. The van der Waals surface area contributed by atoms with Crippen LogP contribution in [0.1, 0.15) is 51.6 Å². The number of hydrogen-bond acceptors (Lipinski definition) is 8. The quantitative estimate of drug-likeness (QED) is 0.388. The lowest BCUT2D eigenvalue weighted by molar-refractivity contribution is -0.151. The van der Waals surface area contributed by atoms with Crippen LogP contribution in [0.25, 0.3) is 0 Å². The van der Waals surface area contributed by atoms with Crippen LogP contribution < -0.4 is 5.32 Å². The standard InChI is InChI=1S/C24H31NO7/c1-12(2)30-9-10-31-24(28)19-15(5)25-16-11-13(3)18(23(27)29-6)22(26)20(16)21(19)17-8-7-14(4)32-17/h7-8,12-13,18,21,25H,9-11H2,1-6H3. The minimum Gasteiger partial charge on any atom is -0.468 e. The first kappa shape index (κ1) is 23.8. The van der Waals surface area contributed by atoms with Gasteiger partial charge in [-0.2, -0.15) is 0 Å². The number of furan rings is 1. The number of rotatable bonds is 7. The zero-order valence-corrected chi connectivity index (χ0v) is 19.4. The summed E-state index contributed by atoms with van der Waals surface area (Å²) in [5.74, 6) is -2.35. The third kappa shape index (κ3) is 4.65. The molecule has 0 amide bonds. The highest BCUT2D eigenvalue weighted by molar-refractivity contribution is 6.12. The fourth-order valence-electron chi connectivity index (χ4n) is 4.34. The van der Waals surface area contributed by atoms with Crippen molar-refractivity contribution in [3.8, 4) is 0 Å². The molecule has 32 heavy (non-hydrogen) atoms. The molecule has 3 atom stereocenters. The lowest BCUT2D eigenvalue weighted by Crippen LogP contribution is -2.43. The van der Waals surface area contributed by atoms with E-state index < -0.39 is 23.8 Å². The minimum atomic E-state index is -0.936. The summed E-state index contributed by atoms with van der Waals surface area (Å²) >= 11 is 0. The van der Waals surface area contributed by atoms with Gasteiger partial charge < -0.3 is 23.9 Å². The van der Waals surface area contributed by atoms with Gasteiger partial charge >= 0.3 is 11.9 Å². The first-order valence-corrected chi connectivity index (χ1v) is 10.8. The molecule has 0 saturated heterocycles. The van der Waals surface area contributed by atoms with Crippen molar-refractivity contribution in [2.24, 2.45) is 11.8 Å². The number of nitrogens with one attached hydrogen (secondary N) is 1. The average Bonchev–Trinajstić information content (AvgIpc) is 3.15. The Morgan fingerprint density at radius 1 is 1.22 bits per heavy atom. The van der Waals surface area contributed by atoms with E-state index in [1.165, 1.54) is 7.11 Å². The Hall–Kier alpha value is -2.87. The predicted molar refractivity (Wildman–Crippen MR) is 115 cm³/mol. The number of carbonyl (C=O) groups is 3. The number of hydrogen-bond donors (Lipinski definition) is 1. The summed E-state index contributed by atoms with van der Waals surface area (Å²) in [7, 11) is 1.27. The van der Waals surface area contributed by atoms with Crippen LogP contribution in [0.5, 0.6) is 0 Å². The summed E-state index contributed by atoms with van der Waals surface area (Å²) in [4.78, 5) is 39.0. The van der Waals surface area contributed by atoms with Gasteiger partial charge in [0.2, 0.25) is 0 Å². The molecule has 0 saturated carbocycles. The molecular formula is C24H31NO7. The maximum atomic E-state index is 13.5. The van der Waals surface area contributed by atoms with Gasteiger partial charge in [0, 0.05) is 17.0 Å². The van der Waals surface area contributed by atoms with Crippen LogP contribution in [-0.4, -0.2) is 44.1 Å². The maximum absolute atomic E-state index is 13.5. The van der Waals surface area contributed by atoms with E-state index in [-0.39, 0.29) is 36.6 Å². The van der Waals surface area contributed by atoms with Crippen molar-refractivity contribution in [1.82, 2.24) is 5.32 Å². The van der Waals surface area contributed by atoms with Crippen LogP contribution >= 0.6 is 0 Å². The zero-order chi connectivity index (χ0) is 23.6. The fourth-order valence-corrected chi connectivity index (χ4v) is 4.34.